The topological polar surface area (TPSA) is 21.3 Å². The third-order valence-corrected chi connectivity index (χ3v) is 3.11. The van der Waals surface area contributed by atoms with Crippen molar-refractivity contribution in [2.45, 2.75) is 39.7 Å². The molecule has 1 unspecified atom stereocenters. The van der Waals surface area contributed by atoms with Gasteiger partial charge in [0.25, 0.3) is 0 Å². The van der Waals surface area contributed by atoms with Gasteiger partial charge in [-0.1, -0.05) is 26.8 Å². The molecule has 102 valence electrons. The molecule has 0 saturated heterocycles. The Morgan fingerprint density at radius 1 is 1.33 bits per heavy atom. The first-order valence-corrected chi connectivity index (χ1v) is 6.38. The number of nitrogens with one attached hydrogen (secondary N) is 1. The lowest BCUT2D eigenvalue weighted by Crippen LogP contribution is -2.19. The van der Waals surface area contributed by atoms with Crippen LogP contribution in [0.3, 0.4) is 0 Å². The number of methoxy groups -OCH3 is 1. The Balaban J connectivity index is 2.79. The highest BCUT2D eigenvalue weighted by molar-refractivity contribution is 5.31. The lowest BCUT2D eigenvalue weighted by Gasteiger charge is -2.23. The van der Waals surface area contributed by atoms with Crippen molar-refractivity contribution in [1.29, 1.82) is 0 Å². The fourth-order valence-electron chi connectivity index (χ4n) is 1.95. The van der Waals surface area contributed by atoms with E-state index in [0.717, 1.165) is 18.4 Å². The summed E-state index contributed by atoms with van der Waals surface area (Å²) in [6.45, 7) is 6.65. The van der Waals surface area contributed by atoms with Crippen LogP contribution in [-0.4, -0.2) is 14.2 Å². The molecule has 0 fully saturated rings. The summed E-state index contributed by atoms with van der Waals surface area (Å²) >= 11 is 0. The van der Waals surface area contributed by atoms with Crippen molar-refractivity contribution >= 4 is 0 Å². The van der Waals surface area contributed by atoms with Gasteiger partial charge in [0.05, 0.1) is 7.11 Å². The van der Waals surface area contributed by atoms with Crippen LogP contribution in [0.5, 0.6) is 5.75 Å². The summed E-state index contributed by atoms with van der Waals surface area (Å²) < 4.78 is 18.6. The van der Waals surface area contributed by atoms with E-state index in [1.54, 1.807) is 12.1 Å². The molecule has 1 atom stereocenters. The Labute approximate surface area is 110 Å². The Morgan fingerprint density at radius 3 is 2.44 bits per heavy atom. The summed E-state index contributed by atoms with van der Waals surface area (Å²) in [5, 5.41) is 3.25. The largest absolute Gasteiger partial charge is 0.494 e. The van der Waals surface area contributed by atoms with Crippen LogP contribution < -0.4 is 10.1 Å². The van der Waals surface area contributed by atoms with E-state index in [4.69, 9.17) is 4.74 Å². The van der Waals surface area contributed by atoms with Gasteiger partial charge < -0.3 is 10.1 Å². The van der Waals surface area contributed by atoms with Crippen LogP contribution in [-0.2, 0) is 0 Å². The molecule has 2 nitrogen and oxygen atoms in total. The molecular formula is C15H24FNO. The van der Waals surface area contributed by atoms with Gasteiger partial charge in [-0.3, -0.25) is 0 Å². The van der Waals surface area contributed by atoms with Crippen LogP contribution in [0.4, 0.5) is 4.39 Å². The number of benzene rings is 1. The summed E-state index contributed by atoms with van der Waals surface area (Å²) in [6, 6.07) is 5.35. The number of hydrogen-bond donors (Lipinski definition) is 1. The van der Waals surface area contributed by atoms with Gasteiger partial charge in [-0.2, -0.15) is 0 Å². The Bertz CT molecular complexity index is 385. The maximum Gasteiger partial charge on any atom is 0.165 e. The van der Waals surface area contributed by atoms with Gasteiger partial charge >= 0.3 is 0 Å². The predicted octanol–water partition coefficient (Wildman–Crippen LogP) is 3.92. The lowest BCUT2D eigenvalue weighted by atomic mass is 9.87. The molecule has 0 aliphatic heterocycles. The minimum atomic E-state index is -0.300. The second-order valence-corrected chi connectivity index (χ2v) is 5.83. The smallest absolute Gasteiger partial charge is 0.165 e. The van der Waals surface area contributed by atoms with Crippen molar-refractivity contribution in [1.82, 2.24) is 5.32 Å². The first kappa shape index (κ1) is 15.0. The maximum absolute atomic E-state index is 13.7. The van der Waals surface area contributed by atoms with Crippen molar-refractivity contribution in [3.63, 3.8) is 0 Å². The summed E-state index contributed by atoms with van der Waals surface area (Å²) in [6.07, 6.45) is 2.08. The summed E-state index contributed by atoms with van der Waals surface area (Å²) in [5.74, 6) is -0.00423. The van der Waals surface area contributed by atoms with E-state index in [1.807, 2.05) is 13.1 Å². The van der Waals surface area contributed by atoms with E-state index < -0.39 is 0 Å². The number of hydrogen-bond acceptors (Lipinski definition) is 2. The van der Waals surface area contributed by atoms with Gasteiger partial charge in [0.2, 0.25) is 0 Å². The standard InChI is InChI=1S/C15H24FNO/c1-15(2,3)9-8-13(17-4)11-6-7-14(18-5)12(16)10-11/h6-7,10,13,17H,8-9H2,1-5H3. The van der Waals surface area contributed by atoms with Crippen molar-refractivity contribution in [2.24, 2.45) is 5.41 Å². The number of rotatable bonds is 5. The molecule has 1 aromatic rings. The Hall–Kier alpha value is -1.09. The van der Waals surface area contributed by atoms with Crippen molar-refractivity contribution in [3.8, 4) is 5.75 Å². The number of ether oxygens (including phenoxy) is 1. The normalized spacial score (nSPS) is 13.4. The van der Waals surface area contributed by atoms with E-state index in [1.165, 1.54) is 7.11 Å². The molecule has 0 aromatic heterocycles. The molecule has 0 aliphatic carbocycles. The van der Waals surface area contributed by atoms with Crippen LogP contribution in [0.1, 0.15) is 45.2 Å². The van der Waals surface area contributed by atoms with E-state index in [9.17, 15) is 4.39 Å². The second kappa shape index (κ2) is 6.19. The van der Waals surface area contributed by atoms with E-state index in [2.05, 4.69) is 26.1 Å². The SMILES string of the molecule is CNC(CCC(C)(C)C)c1ccc(OC)c(F)c1. The molecular weight excluding hydrogens is 229 g/mol. The average molecular weight is 253 g/mol. The van der Waals surface area contributed by atoms with Gasteiger partial charge in [-0.25, -0.2) is 4.39 Å². The fraction of sp³-hybridized carbons (Fsp3) is 0.600. The predicted molar refractivity (Wildman–Crippen MR) is 73.4 cm³/mol. The molecule has 0 aliphatic rings. The molecule has 0 spiro atoms. The third-order valence-electron chi connectivity index (χ3n) is 3.11. The molecule has 0 bridgehead atoms. The van der Waals surface area contributed by atoms with Gasteiger partial charge in [-0.05, 0) is 43.0 Å². The van der Waals surface area contributed by atoms with Gasteiger partial charge in [0.1, 0.15) is 0 Å². The quantitative estimate of drug-likeness (QED) is 0.858. The molecule has 1 rings (SSSR count). The summed E-state index contributed by atoms with van der Waals surface area (Å²) in [7, 11) is 3.39. The molecule has 3 heteroatoms. The highest BCUT2D eigenvalue weighted by Gasteiger charge is 2.16. The zero-order valence-corrected chi connectivity index (χ0v) is 12.0. The van der Waals surface area contributed by atoms with Gasteiger partial charge in [0, 0.05) is 6.04 Å². The summed E-state index contributed by atoms with van der Waals surface area (Å²) in [4.78, 5) is 0. The van der Waals surface area contributed by atoms with Crippen molar-refractivity contribution < 1.29 is 9.13 Å². The molecule has 0 radical (unpaired) electrons. The highest BCUT2D eigenvalue weighted by Crippen LogP contribution is 2.29. The van der Waals surface area contributed by atoms with Crippen LogP contribution in [0, 0.1) is 11.2 Å². The molecule has 0 saturated carbocycles. The molecule has 18 heavy (non-hydrogen) atoms. The van der Waals surface area contributed by atoms with Crippen LogP contribution in [0.25, 0.3) is 0 Å². The summed E-state index contributed by atoms with van der Waals surface area (Å²) in [5.41, 5.74) is 1.26. The fourth-order valence-corrected chi connectivity index (χ4v) is 1.95. The molecule has 1 aromatic carbocycles. The van der Waals surface area contributed by atoms with Gasteiger partial charge in [-0.15, -0.1) is 0 Å². The van der Waals surface area contributed by atoms with Crippen LogP contribution >= 0.6 is 0 Å². The minimum absolute atomic E-state index is 0.185. The average Bonchev–Trinajstić information content (AvgIpc) is 2.28. The third kappa shape index (κ3) is 4.30. The zero-order chi connectivity index (χ0) is 13.8. The highest BCUT2D eigenvalue weighted by atomic mass is 19.1. The molecule has 0 amide bonds. The van der Waals surface area contributed by atoms with Gasteiger partial charge in [0.15, 0.2) is 11.6 Å². The maximum atomic E-state index is 13.7. The van der Waals surface area contributed by atoms with E-state index >= 15 is 0 Å². The number of halogens is 1. The van der Waals surface area contributed by atoms with E-state index in [0.29, 0.717) is 11.2 Å². The van der Waals surface area contributed by atoms with Crippen molar-refractivity contribution in [2.75, 3.05) is 14.2 Å². The van der Waals surface area contributed by atoms with Crippen LogP contribution in [0.2, 0.25) is 0 Å². The molecule has 1 N–H and O–H groups in total. The Morgan fingerprint density at radius 2 is 2.00 bits per heavy atom. The molecule has 0 heterocycles. The minimum Gasteiger partial charge on any atom is -0.494 e. The monoisotopic (exact) mass is 253 g/mol. The second-order valence-electron chi connectivity index (χ2n) is 5.83. The zero-order valence-electron chi connectivity index (χ0n) is 12.0. The van der Waals surface area contributed by atoms with Crippen molar-refractivity contribution in [3.05, 3.63) is 29.6 Å². The lowest BCUT2D eigenvalue weighted by molar-refractivity contribution is 0.337. The van der Waals surface area contributed by atoms with Crippen LogP contribution in [0.15, 0.2) is 18.2 Å². The Kier molecular flexibility index (Phi) is 5.15. The first-order valence-electron chi connectivity index (χ1n) is 6.38. The first-order chi connectivity index (χ1) is 8.37. The van der Waals surface area contributed by atoms with E-state index in [-0.39, 0.29) is 11.9 Å².